The van der Waals surface area contributed by atoms with Crippen LogP contribution in [0.15, 0.2) is 38.9 Å². The topological polar surface area (TPSA) is 53.8 Å². The minimum Gasteiger partial charge on any atom is -0.303 e. The third-order valence-corrected chi connectivity index (χ3v) is 4.47. The number of rotatable bonds is 3. The van der Waals surface area contributed by atoms with Crippen LogP contribution in [-0.2, 0) is 4.79 Å². The second kappa shape index (κ2) is 6.34. The second-order valence-corrected chi connectivity index (χ2v) is 6.21. The van der Waals surface area contributed by atoms with E-state index in [1.54, 1.807) is 0 Å². The fourth-order valence-electron chi connectivity index (χ4n) is 1.59. The molecule has 1 aromatic carbocycles. The molecule has 0 aromatic heterocycles. The lowest BCUT2D eigenvalue weighted by atomic mass is 10.1. The quantitative estimate of drug-likeness (QED) is 0.679. The van der Waals surface area contributed by atoms with E-state index >= 15 is 0 Å². The number of benzene rings is 1. The molecule has 1 aliphatic rings. The number of amides is 1. The van der Waals surface area contributed by atoms with E-state index in [-0.39, 0.29) is 11.2 Å². The normalized spacial score (nSPS) is 21.8. The van der Waals surface area contributed by atoms with Gasteiger partial charge in [0.1, 0.15) is 0 Å². The predicted molar refractivity (Wildman–Crippen MR) is 83.6 cm³/mol. The van der Waals surface area contributed by atoms with Crippen LogP contribution in [0.4, 0.5) is 0 Å². The number of nitrogens with one attached hydrogen (secondary N) is 1. The van der Waals surface area contributed by atoms with E-state index in [4.69, 9.17) is 0 Å². The molecule has 0 saturated carbocycles. The maximum absolute atomic E-state index is 11.5. The lowest BCUT2D eigenvalue weighted by Gasteiger charge is -1.99. The number of carbonyl (C=O) groups is 1. The van der Waals surface area contributed by atoms with Crippen LogP contribution in [-0.4, -0.2) is 22.0 Å². The maximum Gasteiger partial charge on any atom is 0.239 e. The molecule has 1 fully saturated rings. The molecule has 100 valence electrons. The van der Waals surface area contributed by atoms with Gasteiger partial charge in [0.15, 0.2) is 5.17 Å². The van der Waals surface area contributed by atoms with Gasteiger partial charge in [-0.05, 0) is 31.0 Å². The molecule has 0 spiro atoms. The Hall–Kier alpha value is -1.14. The first kappa shape index (κ1) is 14.3. The van der Waals surface area contributed by atoms with E-state index in [1.807, 2.05) is 38.1 Å². The molecule has 6 heteroatoms. The lowest BCUT2D eigenvalue weighted by molar-refractivity contribution is -0.118. The molecular formula is C13H14BrN3OS. The molecule has 1 saturated heterocycles. The average molecular weight is 340 g/mol. The molecule has 2 rings (SSSR count). The number of nitrogens with zero attached hydrogens (tertiary/aromatic N) is 2. The Labute approximate surface area is 124 Å². The van der Waals surface area contributed by atoms with Crippen molar-refractivity contribution in [2.45, 2.75) is 25.5 Å². The van der Waals surface area contributed by atoms with Gasteiger partial charge in [-0.25, -0.2) is 0 Å². The van der Waals surface area contributed by atoms with Crippen molar-refractivity contribution in [2.24, 2.45) is 10.2 Å². The molecule has 0 bridgehead atoms. The summed E-state index contributed by atoms with van der Waals surface area (Å²) in [7, 11) is 0. The van der Waals surface area contributed by atoms with Crippen LogP contribution in [0.3, 0.4) is 0 Å². The Morgan fingerprint density at radius 2 is 2.11 bits per heavy atom. The second-order valence-electron chi connectivity index (χ2n) is 4.10. The molecule has 1 atom stereocenters. The predicted octanol–water partition coefficient (Wildman–Crippen LogP) is 3.17. The first-order valence-electron chi connectivity index (χ1n) is 5.96. The van der Waals surface area contributed by atoms with E-state index < -0.39 is 0 Å². The van der Waals surface area contributed by atoms with Crippen molar-refractivity contribution in [1.29, 1.82) is 0 Å². The Morgan fingerprint density at radius 3 is 2.68 bits per heavy atom. The third kappa shape index (κ3) is 3.67. The van der Waals surface area contributed by atoms with Gasteiger partial charge in [-0.2, -0.15) is 5.10 Å². The lowest BCUT2D eigenvalue weighted by Crippen LogP contribution is -2.24. The van der Waals surface area contributed by atoms with Crippen LogP contribution < -0.4 is 5.32 Å². The summed E-state index contributed by atoms with van der Waals surface area (Å²) in [6, 6.07) is 7.86. The molecule has 1 N–H and O–H groups in total. The van der Waals surface area contributed by atoms with Crippen molar-refractivity contribution < 1.29 is 4.79 Å². The van der Waals surface area contributed by atoms with Gasteiger partial charge in [-0.1, -0.05) is 46.7 Å². The molecule has 1 aromatic rings. The summed E-state index contributed by atoms with van der Waals surface area (Å²) in [6.45, 7) is 3.88. The average Bonchev–Trinajstić information content (AvgIpc) is 2.77. The van der Waals surface area contributed by atoms with Crippen LogP contribution in [0, 0.1) is 0 Å². The molecule has 0 unspecified atom stereocenters. The number of carbonyl (C=O) groups excluding carboxylic acids is 1. The highest BCUT2D eigenvalue weighted by Crippen LogP contribution is 2.22. The van der Waals surface area contributed by atoms with Gasteiger partial charge in [0.05, 0.1) is 11.0 Å². The zero-order valence-corrected chi connectivity index (χ0v) is 13.1. The molecule has 19 heavy (non-hydrogen) atoms. The van der Waals surface area contributed by atoms with Crippen molar-refractivity contribution in [1.82, 2.24) is 5.32 Å². The Morgan fingerprint density at radius 1 is 1.42 bits per heavy atom. The molecular weight excluding hydrogens is 326 g/mol. The van der Waals surface area contributed by atoms with Gasteiger partial charge in [0.25, 0.3) is 0 Å². The van der Waals surface area contributed by atoms with Crippen molar-refractivity contribution in [2.75, 3.05) is 0 Å². The molecule has 1 heterocycles. The number of hydrogen-bond donors (Lipinski definition) is 1. The number of hydrogen-bond acceptors (Lipinski definition) is 4. The highest BCUT2D eigenvalue weighted by Gasteiger charge is 2.28. The summed E-state index contributed by atoms with van der Waals surface area (Å²) in [5, 5.41) is 11.5. The largest absolute Gasteiger partial charge is 0.303 e. The molecule has 1 amide bonds. The van der Waals surface area contributed by atoms with E-state index in [2.05, 4.69) is 31.4 Å². The van der Waals surface area contributed by atoms with Gasteiger partial charge in [0, 0.05) is 4.47 Å². The van der Waals surface area contributed by atoms with E-state index in [0.717, 1.165) is 22.2 Å². The molecule has 1 aliphatic heterocycles. The zero-order valence-electron chi connectivity index (χ0n) is 10.7. The van der Waals surface area contributed by atoms with Crippen LogP contribution >= 0.6 is 27.7 Å². The number of thioether (sulfide) groups is 1. The zero-order chi connectivity index (χ0) is 13.8. The van der Waals surface area contributed by atoms with Crippen molar-refractivity contribution in [3.8, 4) is 0 Å². The summed E-state index contributed by atoms with van der Waals surface area (Å²) in [4.78, 5) is 11.5. The summed E-state index contributed by atoms with van der Waals surface area (Å²) in [5.41, 5.74) is 1.82. The van der Waals surface area contributed by atoms with Gasteiger partial charge in [-0.15, -0.1) is 5.10 Å². The number of amidine groups is 1. The molecule has 0 radical (unpaired) electrons. The van der Waals surface area contributed by atoms with Crippen molar-refractivity contribution in [3.63, 3.8) is 0 Å². The van der Waals surface area contributed by atoms with Gasteiger partial charge in [-0.3, -0.25) is 4.79 Å². The third-order valence-electron chi connectivity index (χ3n) is 2.70. The Kier molecular flexibility index (Phi) is 4.76. The Bertz CT molecular complexity index is 539. The van der Waals surface area contributed by atoms with Crippen LogP contribution in [0.5, 0.6) is 0 Å². The van der Waals surface area contributed by atoms with Crippen LogP contribution in [0.2, 0.25) is 0 Å². The highest BCUT2D eigenvalue weighted by atomic mass is 79.9. The SMILES string of the molecule is CC[C@H]1S/C(=N/N=C(/C)c2ccc(Br)cc2)NC1=O. The van der Waals surface area contributed by atoms with E-state index in [0.29, 0.717) is 5.17 Å². The minimum absolute atomic E-state index is 0.0164. The smallest absolute Gasteiger partial charge is 0.239 e. The molecule has 4 nitrogen and oxygen atoms in total. The van der Waals surface area contributed by atoms with Crippen molar-refractivity contribution in [3.05, 3.63) is 34.3 Å². The van der Waals surface area contributed by atoms with Gasteiger partial charge < -0.3 is 5.32 Å². The minimum atomic E-state index is -0.0399. The van der Waals surface area contributed by atoms with Gasteiger partial charge in [0.2, 0.25) is 5.91 Å². The number of halogens is 1. The fraction of sp³-hybridized carbons (Fsp3) is 0.308. The standard InChI is InChI=1S/C13H14BrN3OS/c1-3-11-12(18)15-13(19-11)17-16-8(2)9-4-6-10(14)7-5-9/h4-7,11H,3H2,1-2H3,(H,15,17,18)/b16-8-/t11-/m1/s1. The van der Waals surface area contributed by atoms with Gasteiger partial charge >= 0.3 is 0 Å². The summed E-state index contributed by atoms with van der Waals surface area (Å²) < 4.78 is 1.03. The maximum atomic E-state index is 11.5. The van der Waals surface area contributed by atoms with Crippen LogP contribution in [0.25, 0.3) is 0 Å². The highest BCUT2D eigenvalue weighted by molar-refractivity contribution is 9.10. The molecule has 0 aliphatic carbocycles. The summed E-state index contributed by atoms with van der Waals surface area (Å²) >= 11 is 4.82. The van der Waals surface area contributed by atoms with Crippen molar-refractivity contribution >= 4 is 44.5 Å². The fourth-order valence-corrected chi connectivity index (χ4v) is 2.70. The first-order chi connectivity index (χ1) is 9.10. The Balaban J connectivity index is 2.10. The first-order valence-corrected chi connectivity index (χ1v) is 7.63. The monoisotopic (exact) mass is 339 g/mol. The van der Waals surface area contributed by atoms with E-state index in [1.165, 1.54) is 11.8 Å². The van der Waals surface area contributed by atoms with E-state index in [9.17, 15) is 4.79 Å². The summed E-state index contributed by atoms with van der Waals surface area (Å²) in [6.07, 6.45) is 0.797. The summed E-state index contributed by atoms with van der Waals surface area (Å²) in [5.74, 6) is 0.0164. The van der Waals surface area contributed by atoms with Crippen LogP contribution in [0.1, 0.15) is 25.8 Å².